The topological polar surface area (TPSA) is 69.6 Å². The Bertz CT molecular complexity index is 2430. The lowest BCUT2D eigenvalue weighted by molar-refractivity contribution is 0.669. The molecule has 0 radical (unpaired) electrons. The molecule has 0 fully saturated rings. The van der Waals surface area contributed by atoms with E-state index in [1.54, 1.807) is 6.20 Å². The van der Waals surface area contributed by atoms with Gasteiger partial charge in [-0.2, -0.15) is 0 Å². The molecule has 9 rings (SSSR count). The maximum absolute atomic E-state index is 6.54. The molecule has 0 saturated heterocycles. The fraction of sp³-hybridized carbons (Fsp3) is 0. The first kappa shape index (κ1) is 24.5. The van der Waals surface area contributed by atoms with E-state index in [-0.39, 0.29) is 0 Å². The summed E-state index contributed by atoms with van der Waals surface area (Å²) in [5.74, 6) is 1.68. The molecule has 0 spiro atoms. The van der Waals surface area contributed by atoms with Crippen LogP contribution in [0.25, 0.3) is 83.7 Å². The zero-order valence-electron chi connectivity index (χ0n) is 23.4. The van der Waals surface area contributed by atoms with Gasteiger partial charge in [-0.15, -0.1) is 0 Å². The summed E-state index contributed by atoms with van der Waals surface area (Å²) in [6.45, 7) is 0. The molecular formula is C38H23N5O. The normalized spacial score (nSPS) is 11.6. The average molecular weight is 566 g/mol. The molecule has 5 aromatic carbocycles. The largest absolute Gasteiger partial charge is 0.456 e. The van der Waals surface area contributed by atoms with Gasteiger partial charge in [-0.25, -0.2) is 15.0 Å². The van der Waals surface area contributed by atoms with Crippen molar-refractivity contribution in [1.29, 1.82) is 0 Å². The Morgan fingerprint density at radius 1 is 0.455 bits per heavy atom. The summed E-state index contributed by atoms with van der Waals surface area (Å²) in [5, 5.41) is 4.52. The second kappa shape index (κ2) is 9.71. The second-order valence-electron chi connectivity index (χ2n) is 10.8. The third-order valence-electron chi connectivity index (χ3n) is 8.10. The highest BCUT2D eigenvalue weighted by atomic mass is 16.3. The number of para-hydroxylation sites is 2. The molecule has 6 heteroatoms. The molecule has 4 aromatic heterocycles. The molecule has 0 saturated carbocycles. The van der Waals surface area contributed by atoms with Crippen molar-refractivity contribution in [2.45, 2.75) is 0 Å². The highest BCUT2D eigenvalue weighted by molar-refractivity contribution is 6.17. The summed E-state index contributed by atoms with van der Waals surface area (Å²) in [7, 11) is 0. The molecule has 6 nitrogen and oxygen atoms in total. The van der Waals surface area contributed by atoms with Crippen molar-refractivity contribution in [2.24, 2.45) is 0 Å². The summed E-state index contributed by atoms with van der Waals surface area (Å²) in [5.41, 5.74) is 7.45. The number of pyridine rings is 1. The van der Waals surface area contributed by atoms with Crippen molar-refractivity contribution in [3.8, 4) is 40.0 Å². The fourth-order valence-corrected chi connectivity index (χ4v) is 6.06. The first-order chi connectivity index (χ1) is 21.8. The van der Waals surface area contributed by atoms with Crippen molar-refractivity contribution in [2.75, 3.05) is 0 Å². The highest BCUT2D eigenvalue weighted by Crippen LogP contribution is 2.39. The zero-order chi connectivity index (χ0) is 29.0. The standard InChI is InChI=1S/C38H23N5O/c1-3-11-24(12-4-1)36-40-37(42-38(41-36)31-16-9-10-20-39-31)25-18-19-28-30-22-29-27-15-7-8-17-32(27)43(26-13-5-2-6-14-26)33(29)23-35(30)44-34(28)21-25/h1-23H. The van der Waals surface area contributed by atoms with Gasteiger partial charge in [-0.05, 0) is 48.5 Å². The minimum Gasteiger partial charge on any atom is -0.456 e. The molecule has 0 aliphatic rings. The predicted octanol–water partition coefficient (Wildman–Crippen LogP) is 9.26. The molecule has 9 aromatic rings. The van der Waals surface area contributed by atoms with Crippen molar-refractivity contribution >= 4 is 43.7 Å². The Morgan fingerprint density at radius 3 is 1.98 bits per heavy atom. The van der Waals surface area contributed by atoms with Crippen molar-refractivity contribution in [1.82, 2.24) is 24.5 Å². The number of fused-ring (bicyclic) bond motifs is 6. The molecule has 0 unspecified atom stereocenters. The van der Waals surface area contributed by atoms with Crippen LogP contribution < -0.4 is 0 Å². The quantitative estimate of drug-likeness (QED) is 0.213. The molecule has 0 aliphatic heterocycles. The molecule has 0 aliphatic carbocycles. The number of rotatable bonds is 4. The third-order valence-corrected chi connectivity index (χ3v) is 8.10. The average Bonchev–Trinajstić information content (AvgIpc) is 3.62. The fourth-order valence-electron chi connectivity index (χ4n) is 6.06. The van der Waals surface area contributed by atoms with Gasteiger partial charge in [0.2, 0.25) is 0 Å². The zero-order valence-corrected chi connectivity index (χ0v) is 23.4. The number of benzene rings is 5. The molecule has 0 amide bonds. The van der Waals surface area contributed by atoms with Gasteiger partial charge in [0.05, 0.1) is 11.0 Å². The Hall–Kier alpha value is -6.14. The number of furan rings is 1. The van der Waals surface area contributed by atoms with Gasteiger partial charge in [0.25, 0.3) is 0 Å². The molecule has 0 bridgehead atoms. The van der Waals surface area contributed by atoms with Crippen LogP contribution in [0.15, 0.2) is 144 Å². The summed E-state index contributed by atoms with van der Waals surface area (Å²) in [6.07, 6.45) is 1.75. The Labute approximate surface area is 251 Å². The van der Waals surface area contributed by atoms with Gasteiger partial charge in [-0.3, -0.25) is 4.98 Å². The molecule has 0 atom stereocenters. The van der Waals surface area contributed by atoms with E-state index in [2.05, 4.69) is 82.3 Å². The summed E-state index contributed by atoms with van der Waals surface area (Å²) in [4.78, 5) is 19.0. The minimum absolute atomic E-state index is 0.523. The van der Waals surface area contributed by atoms with Crippen LogP contribution in [-0.2, 0) is 0 Å². The van der Waals surface area contributed by atoms with E-state index in [9.17, 15) is 0 Å². The number of aromatic nitrogens is 5. The predicted molar refractivity (Wildman–Crippen MR) is 176 cm³/mol. The van der Waals surface area contributed by atoms with E-state index in [4.69, 9.17) is 19.4 Å². The van der Waals surface area contributed by atoms with Crippen molar-refractivity contribution in [3.05, 3.63) is 140 Å². The second-order valence-corrected chi connectivity index (χ2v) is 10.8. The van der Waals surface area contributed by atoms with Crippen molar-refractivity contribution < 1.29 is 4.42 Å². The number of hydrogen-bond donors (Lipinski definition) is 0. The van der Waals surface area contributed by atoms with Gasteiger partial charge < -0.3 is 8.98 Å². The van der Waals surface area contributed by atoms with Gasteiger partial charge >= 0.3 is 0 Å². The van der Waals surface area contributed by atoms with Crippen LogP contribution in [0.5, 0.6) is 0 Å². The third kappa shape index (κ3) is 3.89. The summed E-state index contributed by atoms with van der Waals surface area (Å²) >= 11 is 0. The first-order valence-corrected chi connectivity index (χ1v) is 14.5. The van der Waals surface area contributed by atoms with Crippen LogP contribution in [0.2, 0.25) is 0 Å². The lowest BCUT2D eigenvalue weighted by Gasteiger charge is -2.07. The van der Waals surface area contributed by atoms with E-state index >= 15 is 0 Å². The number of hydrogen-bond acceptors (Lipinski definition) is 5. The highest BCUT2D eigenvalue weighted by Gasteiger charge is 2.18. The van der Waals surface area contributed by atoms with Gasteiger partial charge in [0.15, 0.2) is 17.5 Å². The van der Waals surface area contributed by atoms with Gasteiger partial charge in [0.1, 0.15) is 16.9 Å². The van der Waals surface area contributed by atoms with Gasteiger partial charge in [0, 0.05) is 50.6 Å². The smallest absolute Gasteiger partial charge is 0.182 e. The number of nitrogens with zero attached hydrogens (tertiary/aromatic N) is 5. The van der Waals surface area contributed by atoms with E-state index in [0.29, 0.717) is 23.2 Å². The van der Waals surface area contributed by atoms with E-state index in [1.165, 1.54) is 16.3 Å². The van der Waals surface area contributed by atoms with Crippen LogP contribution in [0.3, 0.4) is 0 Å². The van der Waals surface area contributed by atoms with E-state index in [1.807, 2.05) is 60.7 Å². The Balaban J connectivity index is 1.24. The lowest BCUT2D eigenvalue weighted by Crippen LogP contribution is -2.00. The summed E-state index contributed by atoms with van der Waals surface area (Å²) in [6, 6.07) is 45.3. The van der Waals surface area contributed by atoms with E-state index < -0.39 is 0 Å². The summed E-state index contributed by atoms with van der Waals surface area (Å²) < 4.78 is 8.85. The monoisotopic (exact) mass is 565 g/mol. The van der Waals surface area contributed by atoms with Crippen LogP contribution >= 0.6 is 0 Å². The lowest BCUT2D eigenvalue weighted by atomic mass is 10.1. The van der Waals surface area contributed by atoms with Crippen LogP contribution in [0.4, 0.5) is 0 Å². The molecule has 44 heavy (non-hydrogen) atoms. The minimum atomic E-state index is 0.523. The molecular weight excluding hydrogens is 542 g/mol. The molecule has 4 heterocycles. The maximum Gasteiger partial charge on any atom is 0.182 e. The molecule has 206 valence electrons. The van der Waals surface area contributed by atoms with Crippen LogP contribution in [0.1, 0.15) is 0 Å². The first-order valence-electron chi connectivity index (χ1n) is 14.5. The maximum atomic E-state index is 6.54. The van der Waals surface area contributed by atoms with Crippen LogP contribution in [-0.4, -0.2) is 24.5 Å². The van der Waals surface area contributed by atoms with Crippen molar-refractivity contribution in [3.63, 3.8) is 0 Å². The van der Waals surface area contributed by atoms with Crippen LogP contribution in [0, 0.1) is 0 Å². The Morgan fingerprint density at radius 2 is 1.16 bits per heavy atom. The Kier molecular flexibility index (Phi) is 5.40. The SMILES string of the molecule is c1ccc(-c2nc(-c3ccc4c(c3)oc3cc5c(cc34)c3ccccc3n5-c3ccccc3)nc(-c3ccccn3)n2)cc1. The van der Waals surface area contributed by atoms with E-state index in [0.717, 1.165) is 44.3 Å². The van der Waals surface area contributed by atoms with Gasteiger partial charge in [-0.1, -0.05) is 78.9 Å². The molecule has 0 N–H and O–H groups in total.